The van der Waals surface area contributed by atoms with Crippen LogP contribution in [0, 0.1) is 0 Å². The molecule has 0 radical (unpaired) electrons. The monoisotopic (exact) mass is 559 g/mol. The fourth-order valence-electron chi connectivity index (χ4n) is 5.23. The predicted octanol–water partition coefficient (Wildman–Crippen LogP) is 3.38. The van der Waals surface area contributed by atoms with E-state index in [1.165, 1.54) is 16.0 Å². The molecule has 180 valence electrons. The van der Waals surface area contributed by atoms with E-state index in [-0.39, 0.29) is 11.6 Å². The number of nitrogens with one attached hydrogen (secondary N) is 1. The quantitative estimate of drug-likeness (QED) is 0.418. The van der Waals surface area contributed by atoms with Crippen LogP contribution in [0.4, 0.5) is 4.79 Å². The zero-order chi connectivity index (χ0) is 25.1. The fraction of sp³-hybridized carbons (Fsp3) is 0.148. The van der Waals surface area contributed by atoms with Crippen LogP contribution >= 0.6 is 27.3 Å². The van der Waals surface area contributed by atoms with Crippen molar-refractivity contribution in [3.63, 3.8) is 0 Å². The Labute approximate surface area is 219 Å². The van der Waals surface area contributed by atoms with Gasteiger partial charge < -0.3 is 0 Å². The van der Waals surface area contributed by atoms with E-state index in [4.69, 9.17) is 4.99 Å². The molecule has 7 nitrogen and oxygen atoms in total. The third-order valence-electron chi connectivity index (χ3n) is 6.94. The number of carbonyl (C=O) groups excluding carboxylic acids is 1. The minimum Gasteiger partial charge on any atom is -0.295 e. The first-order valence-electron chi connectivity index (χ1n) is 11.4. The highest BCUT2D eigenvalue weighted by atomic mass is 79.9. The van der Waals surface area contributed by atoms with Gasteiger partial charge in [0.15, 0.2) is 0 Å². The van der Waals surface area contributed by atoms with Crippen LogP contribution in [-0.4, -0.2) is 34.6 Å². The summed E-state index contributed by atoms with van der Waals surface area (Å²) >= 11 is 4.75. The first-order chi connectivity index (χ1) is 17.4. The van der Waals surface area contributed by atoms with Gasteiger partial charge >= 0.3 is 6.03 Å². The van der Waals surface area contributed by atoms with E-state index >= 15 is 0 Å². The molecular weight excluding hydrogens is 538 g/mol. The molecule has 0 saturated carbocycles. The Balaban J connectivity index is 1.70. The Morgan fingerprint density at radius 2 is 1.47 bits per heavy atom. The molecule has 1 aromatic heterocycles. The summed E-state index contributed by atoms with van der Waals surface area (Å²) in [5, 5.41) is 0. The molecule has 3 aromatic carbocycles. The molecule has 2 aliphatic rings. The average Bonchev–Trinajstić information content (AvgIpc) is 3.29. The van der Waals surface area contributed by atoms with Crippen molar-refractivity contribution in [2.75, 3.05) is 19.5 Å². The van der Waals surface area contributed by atoms with Crippen molar-refractivity contribution in [1.82, 2.24) is 14.5 Å². The number of urea groups is 1. The molecule has 3 heterocycles. The molecule has 1 saturated heterocycles. The maximum Gasteiger partial charge on any atom is 0.324 e. The number of amides is 2. The van der Waals surface area contributed by atoms with Gasteiger partial charge in [-0.25, -0.2) is 9.79 Å². The van der Waals surface area contributed by atoms with Crippen molar-refractivity contribution >= 4 is 39.4 Å². The molecule has 6 rings (SSSR count). The topological polar surface area (TPSA) is 69.9 Å². The third kappa shape index (κ3) is 2.99. The number of nitrogens with zero attached hydrogens (tertiary/aromatic N) is 4. The molecule has 36 heavy (non-hydrogen) atoms. The summed E-state index contributed by atoms with van der Waals surface area (Å²) < 4.78 is 3.00. The predicted molar refractivity (Wildman–Crippen MR) is 144 cm³/mol. The van der Waals surface area contributed by atoms with Gasteiger partial charge in [0.1, 0.15) is 0 Å². The number of likely N-dealkylation sites (N-methyl/N-ethyl adjacent to an activating group) is 2. The molecule has 2 atom stereocenters. The average molecular weight is 560 g/mol. The van der Waals surface area contributed by atoms with Crippen LogP contribution < -0.4 is 20.3 Å². The Morgan fingerprint density at radius 3 is 2.11 bits per heavy atom. The maximum absolute atomic E-state index is 13.7. The normalized spacial score (nSPS) is 23.2. The van der Waals surface area contributed by atoms with Gasteiger partial charge in [-0.1, -0.05) is 100 Å². The SMILES string of the molecule is CN1C(=O)N(C)[C@]2(c3ccccc3)Nn3c(s/c(=C/c4ccc(Br)cc4)c3=O)=N[C@]12c1ccccc1. The molecule has 0 bridgehead atoms. The standard InChI is InChI=1S/C27H22BrN5O2S/c1-31-25(35)32(2)27(20-11-7-4-8-12-20)26(31,19-9-5-3-6-10-19)29-24-33(30-27)23(34)22(36-24)17-18-13-15-21(28)16-14-18/h3-17,30H,1-2H3/b22-17+/t26-,27+/m1/s1. The van der Waals surface area contributed by atoms with Crippen LogP contribution in [0.25, 0.3) is 6.08 Å². The molecular formula is C27H22BrN5O2S. The minimum absolute atomic E-state index is 0.205. The van der Waals surface area contributed by atoms with E-state index in [2.05, 4.69) is 21.4 Å². The number of carbonyl (C=O) groups is 1. The van der Waals surface area contributed by atoms with Crippen LogP contribution in [0.15, 0.2) is 99.2 Å². The molecule has 0 aliphatic carbocycles. The Kier molecular flexibility index (Phi) is 5.17. The smallest absolute Gasteiger partial charge is 0.295 e. The second-order valence-corrected chi connectivity index (χ2v) is 10.7. The van der Waals surface area contributed by atoms with Crippen molar-refractivity contribution in [3.05, 3.63) is 126 Å². The number of thiazole rings is 1. The molecule has 9 heteroatoms. The van der Waals surface area contributed by atoms with Gasteiger partial charge in [-0.3, -0.25) is 20.0 Å². The van der Waals surface area contributed by atoms with E-state index in [9.17, 15) is 9.59 Å². The number of benzene rings is 3. The lowest BCUT2D eigenvalue weighted by Gasteiger charge is -2.49. The highest BCUT2D eigenvalue weighted by Gasteiger charge is 2.69. The van der Waals surface area contributed by atoms with E-state index in [1.54, 1.807) is 23.9 Å². The molecule has 0 unspecified atom stereocenters. The first kappa shape index (κ1) is 22.8. The fourth-order valence-corrected chi connectivity index (χ4v) is 6.46. The van der Waals surface area contributed by atoms with Crippen molar-refractivity contribution < 1.29 is 4.79 Å². The van der Waals surface area contributed by atoms with Crippen molar-refractivity contribution in [3.8, 4) is 0 Å². The Morgan fingerprint density at radius 1 is 0.861 bits per heavy atom. The number of rotatable bonds is 3. The van der Waals surface area contributed by atoms with E-state index in [0.717, 1.165) is 21.2 Å². The third-order valence-corrected chi connectivity index (χ3v) is 8.44. The highest BCUT2D eigenvalue weighted by molar-refractivity contribution is 9.10. The number of aromatic nitrogens is 1. The van der Waals surface area contributed by atoms with Crippen LogP contribution in [0.1, 0.15) is 16.7 Å². The molecule has 4 aromatic rings. The second kappa shape index (κ2) is 8.18. The largest absolute Gasteiger partial charge is 0.324 e. The summed E-state index contributed by atoms with van der Waals surface area (Å²) in [5.41, 5.74) is 3.50. The lowest BCUT2D eigenvalue weighted by molar-refractivity contribution is 0.0648. The zero-order valence-electron chi connectivity index (χ0n) is 19.6. The number of hydrogen-bond acceptors (Lipinski definition) is 5. The van der Waals surface area contributed by atoms with Gasteiger partial charge in [0.05, 0.1) is 4.53 Å². The van der Waals surface area contributed by atoms with Gasteiger partial charge in [-0.05, 0) is 23.8 Å². The molecule has 1 N–H and O–H groups in total. The maximum atomic E-state index is 13.7. The van der Waals surface area contributed by atoms with Gasteiger partial charge in [0.25, 0.3) is 5.56 Å². The van der Waals surface area contributed by atoms with E-state index < -0.39 is 11.3 Å². The van der Waals surface area contributed by atoms with Gasteiger partial charge in [-0.15, -0.1) is 0 Å². The molecule has 2 aliphatic heterocycles. The summed E-state index contributed by atoms with van der Waals surface area (Å²) in [6.45, 7) is 0. The van der Waals surface area contributed by atoms with Crippen LogP contribution in [0.2, 0.25) is 0 Å². The zero-order valence-corrected chi connectivity index (χ0v) is 22.0. The lowest BCUT2D eigenvalue weighted by atomic mass is 9.80. The summed E-state index contributed by atoms with van der Waals surface area (Å²) in [5.74, 6) is 0. The van der Waals surface area contributed by atoms with Crippen LogP contribution in [0.3, 0.4) is 0 Å². The Bertz CT molecular complexity index is 1650. The first-order valence-corrected chi connectivity index (χ1v) is 13.0. The molecule has 1 fully saturated rings. The summed E-state index contributed by atoms with van der Waals surface area (Å²) in [6.07, 6.45) is 1.86. The highest BCUT2D eigenvalue weighted by Crippen LogP contribution is 2.53. The van der Waals surface area contributed by atoms with Crippen molar-refractivity contribution in [2.45, 2.75) is 11.3 Å². The summed E-state index contributed by atoms with van der Waals surface area (Å²) in [6, 6.07) is 27.0. The van der Waals surface area contributed by atoms with E-state index in [0.29, 0.717) is 9.33 Å². The van der Waals surface area contributed by atoms with Crippen LogP contribution in [0.5, 0.6) is 0 Å². The number of fused-ring (bicyclic) bond motifs is 2. The minimum atomic E-state index is -1.17. The summed E-state index contributed by atoms with van der Waals surface area (Å²) in [7, 11) is 3.51. The molecule has 2 amide bonds. The number of halogens is 1. The number of hydrogen-bond donors (Lipinski definition) is 1. The van der Waals surface area contributed by atoms with Crippen molar-refractivity contribution in [2.24, 2.45) is 4.99 Å². The van der Waals surface area contributed by atoms with Gasteiger partial charge in [0.2, 0.25) is 16.1 Å². The molecule has 0 spiro atoms. The Hall–Kier alpha value is -3.69. The van der Waals surface area contributed by atoms with Crippen LogP contribution in [-0.2, 0) is 11.3 Å². The summed E-state index contributed by atoms with van der Waals surface area (Å²) in [4.78, 5) is 36.3. The second-order valence-electron chi connectivity index (χ2n) is 8.82. The van der Waals surface area contributed by atoms with Crippen molar-refractivity contribution in [1.29, 1.82) is 0 Å². The lowest BCUT2D eigenvalue weighted by Crippen LogP contribution is -2.67. The van der Waals surface area contributed by atoms with Gasteiger partial charge in [-0.2, -0.15) is 4.68 Å². The van der Waals surface area contributed by atoms with E-state index in [1.807, 2.05) is 91.0 Å². The van der Waals surface area contributed by atoms with Gasteiger partial charge in [0, 0.05) is 29.7 Å².